The first-order valence-electron chi connectivity index (χ1n) is 24.3. The van der Waals surface area contributed by atoms with Crippen LogP contribution in [0.3, 0.4) is 0 Å². The van der Waals surface area contributed by atoms with Crippen LogP contribution in [-0.2, 0) is 14.3 Å². The smallest absolute Gasteiger partial charge is 0.306 e. The lowest BCUT2D eigenvalue weighted by molar-refractivity contribution is -0.151. The normalized spacial score (nSPS) is 13.2. The van der Waals surface area contributed by atoms with Crippen LogP contribution in [0, 0.1) is 0 Å². The van der Waals surface area contributed by atoms with Crippen LogP contribution in [0.2, 0.25) is 0 Å². The number of aliphatic hydroxyl groups excluding tert-OH is 2. The average Bonchev–Trinajstić information content (AvgIpc) is 3.16. The number of hydrogen-bond acceptors (Lipinski definition) is 5. The van der Waals surface area contributed by atoms with E-state index in [1.807, 2.05) is 0 Å². The molecular weight excluding hydrogens is 671 g/mol. The molecule has 0 aromatic rings. The highest BCUT2D eigenvalue weighted by atomic mass is 16.5. The fourth-order valence-corrected chi connectivity index (χ4v) is 7.73. The van der Waals surface area contributed by atoms with Gasteiger partial charge in [-0.25, -0.2) is 0 Å². The van der Waals surface area contributed by atoms with E-state index in [1.54, 1.807) is 0 Å². The Kier molecular flexibility index (Phi) is 42.1. The van der Waals surface area contributed by atoms with Crippen molar-refractivity contribution >= 4 is 11.9 Å². The summed E-state index contributed by atoms with van der Waals surface area (Å²) < 4.78 is 5.91. The number of ether oxygens (including phenoxy) is 1. The number of amides is 1. The Hall–Kier alpha value is -1.14. The summed E-state index contributed by atoms with van der Waals surface area (Å²) in [5.41, 5.74) is 0. The van der Waals surface area contributed by atoms with Gasteiger partial charge in [0.25, 0.3) is 0 Å². The van der Waals surface area contributed by atoms with Gasteiger partial charge in [-0.15, -0.1) is 0 Å². The number of esters is 1. The maximum absolute atomic E-state index is 13.1. The molecule has 322 valence electrons. The third-order valence-corrected chi connectivity index (χ3v) is 11.4. The Morgan fingerprint density at radius 1 is 0.463 bits per heavy atom. The molecule has 0 rings (SSSR count). The molecule has 3 N–H and O–H groups in total. The highest BCUT2D eigenvalue weighted by molar-refractivity contribution is 5.77. The standard InChI is InChI=1S/C48H95NO5/c1-4-7-10-13-16-19-22-24-25-28-31-34-37-40-46(51)45(43-50)49-47(52)42-44(39-36-33-30-27-21-18-15-12-9-6-3)54-48(53)41-38-35-32-29-26-23-20-17-14-11-8-5-2/h44-46,50-51H,4-43H2,1-3H3,(H,49,52). The molecule has 0 aliphatic heterocycles. The Morgan fingerprint density at radius 3 is 1.13 bits per heavy atom. The van der Waals surface area contributed by atoms with Gasteiger partial charge in [-0.2, -0.15) is 0 Å². The zero-order valence-electron chi connectivity index (χ0n) is 36.6. The van der Waals surface area contributed by atoms with Gasteiger partial charge in [0.05, 0.1) is 25.2 Å². The summed E-state index contributed by atoms with van der Waals surface area (Å²) >= 11 is 0. The predicted molar refractivity (Wildman–Crippen MR) is 232 cm³/mol. The Morgan fingerprint density at radius 2 is 0.778 bits per heavy atom. The minimum atomic E-state index is -0.777. The second-order valence-corrected chi connectivity index (χ2v) is 16.9. The van der Waals surface area contributed by atoms with Gasteiger partial charge in [0.2, 0.25) is 5.91 Å². The first-order chi connectivity index (χ1) is 26.5. The first-order valence-corrected chi connectivity index (χ1v) is 24.3. The number of carbonyl (C=O) groups excluding carboxylic acids is 2. The second kappa shape index (κ2) is 43.0. The van der Waals surface area contributed by atoms with Crippen molar-refractivity contribution in [3.8, 4) is 0 Å². The number of hydrogen-bond donors (Lipinski definition) is 3. The van der Waals surface area contributed by atoms with Gasteiger partial charge in [-0.3, -0.25) is 9.59 Å². The van der Waals surface area contributed by atoms with Gasteiger partial charge >= 0.3 is 5.97 Å². The summed E-state index contributed by atoms with van der Waals surface area (Å²) in [6.07, 6.45) is 44.4. The molecule has 0 saturated heterocycles. The van der Waals surface area contributed by atoms with Crippen molar-refractivity contribution in [2.45, 2.75) is 289 Å². The van der Waals surface area contributed by atoms with Gasteiger partial charge in [-0.05, 0) is 25.7 Å². The molecule has 0 saturated carbocycles. The van der Waals surface area contributed by atoms with Crippen molar-refractivity contribution in [3.63, 3.8) is 0 Å². The lowest BCUT2D eigenvalue weighted by atomic mass is 10.0. The molecule has 3 unspecified atom stereocenters. The number of aliphatic hydroxyl groups is 2. The monoisotopic (exact) mass is 766 g/mol. The van der Waals surface area contributed by atoms with Crippen LogP contribution in [-0.4, -0.2) is 46.9 Å². The molecule has 0 aliphatic carbocycles. The molecule has 3 atom stereocenters. The summed E-state index contributed by atoms with van der Waals surface area (Å²) in [6.45, 7) is 6.48. The topological polar surface area (TPSA) is 95.9 Å². The van der Waals surface area contributed by atoms with E-state index in [4.69, 9.17) is 4.74 Å². The molecule has 0 spiro atoms. The van der Waals surface area contributed by atoms with E-state index >= 15 is 0 Å². The zero-order valence-corrected chi connectivity index (χ0v) is 36.6. The highest BCUT2D eigenvalue weighted by Gasteiger charge is 2.24. The van der Waals surface area contributed by atoms with Crippen LogP contribution in [0.4, 0.5) is 0 Å². The van der Waals surface area contributed by atoms with E-state index in [0.717, 1.165) is 44.9 Å². The molecule has 1 amide bonds. The molecule has 0 heterocycles. The summed E-state index contributed by atoms with van der Waals surface area (Å²) in [5.74, 6) is -0.457. The van der Waals surface area contributed by atoms with E-state index in [-0.39, 0.29) is 24.9 Å². The molecule has 0 aliphatic rings. The number of unbranched alkanes of at least 4 members (excludes halogenated alkanes) is 32. The number of rotatable bonds is 44. The maximum atomic E-state index is 13.1. The van der Waals surface area contributed by atoms with Gasteiger partial charge < -0.3 is 20.3 Å². The van der Waals surface area contributed by atoms with Gasteiger partial charge in [0, 0.05) is 6.42 Å². The number of nitrogens with one attached hydrogen (secondary N) is 1. The Labute approximate surface area is 336 Å². The third kappa shape index (κ3) is 37.8. The Balaban J connectivity index is 4.48. The maximum Gasteiger partial charge on any atom is 0.306 e. The largest absolute Gasteiger partial charge is 0.462 e. The molecular formula is C48H95NO5. The first kappa shape index (κ1) is 52.9. The summed E-state index contributed by atoms with van der Waals surface area (Å²) in [4.78, 5) is 26.0. The third-order valence-electron chi connectivity index (χ3n) is 11.4. The van der Waals surface area contributed by atoms with Crippen molar-refractivity contribution in [1.29, 1.82) is 0 Å². The van der Waals surface area contributed by atoms with Gasteiger partial charge in [0.1, 0.15) is 6.10 Å². The van der Waals surface area contributed by atoms with E-state index in [2.05, 4.69) is 26.1 Å². The van der Waals surface area contributed by atoms with Crippen molar-refractivity contribution in [2.24, 2.45) is 0 Å². The molecule has 0 fully saturated rings. The summed E-state index contributed by atoms with van der Waals surface area (Å²) in [5, 5.41) is 23.7. The lowest BCUT2D eigenvalue weighted by Gasteiger charge is -2.24. The molecule has 0 bridgehead atoms. The van der Waals surface area contributed by atoms with E-state index in [0.29, 0.717) is 19.3 Å². The summed E-state index contributed by atoms with van der Waals surface area (Å²) in [6, 6.07) is -0.690. The molecule has 6 heteroatoms. The molecule has 6 nitrogen and oxygen atoms in total. The highest BCUT2D eigenvalue weighted by Crippen LogP contribution is 2.18. The fraction of sp³-hybridized carbons (Fsp3) is 0.958. The SMILES string of the molecule is CCCCCCCCCCCCCCCC(O)C(CO)NC(=O)CC(CCCCCCCCCCCC)OC(=O)CCCCCCCCCCCCCC. The van der Waals surface area contributed by atoms with E-state index < -0.39 is 18.2 Å². The van der Waals surface area contributed by atoms with Crippen LogP contribution in [0.25, 0.3) is 0 Å². The molecule has 0 aromatic carbocycles. The molecule has 0 radical (unpaired) electrons. The van der Waals surface area contributed by atoms with Crippen molar-refractivity contribution in [3.05, 3.63) is 0 Å². The minimum absolute atomic E-state index is 0.0869. The Bertz CT molecular complexity index is 776. The minimum Gasteiger partial charge on any atom is -0.462 e. The van der Waals surface area contributed by atoms with Crippen molar-refractivity contribution in [2.75, 3.05) is 6.61 Å². The van der Waals surface area contributed by atoms with Crippen molar-refractivity contribution < 1.29 is 24.5 Å². The fourth-order valence-electron chi connectivity index (χ4n) is 7.73. The number of carbonyl (C=O) groups is 2. The van der Waals surface area contributed by atoms with E-state index in [9.17, 15) is 19.8 Å². The van der Waals surface area contributed by atoms with Crippen LogP contribution < -0.4 is 5.32 Å². The van der Waals surface area contributed by atoms with Crippen LogP contribution >= 0.6 is 0 Å². The average molecular weight is 766 g/mol. The van der Waals surface area contributed by atoms with Gasteiger partial charge in [0.15, 0.2) is 0 Å². The predicted octanol–water partition coefficient (Wildman–Crippen LogP) is 14.0. The quantitative estimate of drug-likeness (QED) is 0.0424. The summed E-state index contributed by atoms with van der Waals surface area (Å²) in [7, 11) is 0. The van der Waals surface area contributed by atoms with Crippen LogP contribution in [0.5, 0.6) is 0 Å². The van der Waals surface area contributed by atoms with Crippen LogP contribution in [0.15, 0.2) is 0 Å². The van der Waals surface area contributed by atoms with Gasteiger partial charge in [-0.1, -0.05) is 233 Å². The lowest BCUT2D eigenvalue weighted by Crippen LogP contribution is -2.46. The zero-order chi connectivity index (χ0) is 39.6. The second-order valence-electron chi connectivity index (χ2n) is 16.9. The molecule has 54 heavy (non-hydrogen) atoms. The van der Waals surface area contributed by atoms with E-state index in [1.165, 1.54) is 180 Å². The van der Waals surface area contributed by atoms with Crippen molar-refractivity contribution in [1.82, 2.24) is 5.32 Å². The molecule has 0 aromatic heterocycles. The van der Waals surface area contributed by atoms with Crippen LogP contribution in [0.1, 0.15) is 271 Å².